The number of aromatic carboxylic acids is 1. The van der Waals surface area contributed by atoms with E-state index in [9.17, 15) is 4.79 Å². The Morgan fingerprint density at radius 1 is 1.40 bits per heavy atom. The van der Waals surface area contributed by atoms with E-state index >= 15 is 0 Å². The molecule has 1 aromatic heterocycles. The largest absolute Gasteiger partial charge is 0.476 e. The molecule has 1 aliphatic heterocycles. The Labute approximate surface area is 122 Å². The normalized spacial score (nSPS) is 19.1. The van der Waals surface area contributed by atoms with Gasteiger partial charge in [-0.05, 0) is 0 Å². The summed E-state index contributed by atoms with van der Waals surface area (Å²) in [6.45, 7) is 7.88. The van der Waals surface area contributed by atoms with Crippen molar-refractivity contribution in [1.29, 1.82) is 0 Å². The zero-order valence-corrected chi connectivity index (χ0v) is 12.5. The Balaban J connectivity index is 1.82. The van der Waals surface area contributed by atoms with Crippen LogP contribution in [0.5, 0.6) is 0 Å². The number of carbonyl (C=O) groups is 1. The molecule has 20 heavy (non-hydrogen) atoms. The van der Waals surface area contributed by atoms with Crippen molar-refractivity contribution in [1.82, 2.24) is 14.8 Å². The summed E-state index contributed by atoms with van der Waals surface area (Å²) < 4.78 is 0. The highest BCUT2D eigenvalue weighted by atomic mass is 32.1. The molecule has 112 valence electrons. The Morgan fingerprint density at radius 2 is 2.05 bits per heavy atom. The maximum absolute atomic E-state index is 10.8. The maximum atomic E-state index is 10.8. The fourth-order valence-corrected chi connectivity index (χ4v) is 3.26. The van der Waals surface area contributed by atoms with E-state index in [1.54, 1.807) is 5.38 Å². The quantitative estimate of drug-likeness (QED) is 0.799. The molecule has 0 aromatic carbocycles. The van der Waals surface area contributed by atoms with Crippen LogP contribution in [0.15, 0.2) is 5.38 Å². The van der Waals surface area contributed by atoms with E-state index in [0.717, 1.165) is 44.3 Å². The van der Waals surface area contributed by atoms with Crippen LogP contribution in [-0.4, -0.2) is 76.8 Å². The minimum Gasteiger partial charge on any atom is -0.476 e. The van der Waals surface area contributed by atoms with Crippen molar-refractivity contribution in [3.8, 4) is 0 Å². The lowest BCUT2D eigenvalue weighted by Gasteiger charge is -2.35. The van der Waals surface area contributed by atoms with Crippen molar-refractivity contribution in [2.45, 2.75) is 12.8 Å². The maximum Gasteiger partial charge on any atom is 0.355 e. The van der Waals surface area contributed by atoms with Crippen LogP contribution < -0.4 is 0 Å². The number of thiazole rings is 1. The molecule has 1 saturated heterocycles. The second-order valence-corrected chi connectivity index (χ2v) is 6.03. The average Bonchev–Trinajstić information content (AvgIpc) is 2.91. The highest BCUT2D eigenvalue weighted by molar-refractivity contribution is 7.09. The molecular formula is C13H21N3O3S. The van der Waals surface area contributed by atoms with E-state index in [-0.39, 0.29) is 18.2 Å². The summed E-state index contributed by atoms with van der Waals surface area (Å²) in [5.41, 5.74) is 0.143. The molecule has 1 fully saturated rings. The summed E-state index contributed by atoms with van der Waals surface area (Å²) in [5, 5.41) is 20.3. The van der Waals surface area contributed by atoms with E-state index in [2.05, 4.69) is 21.7 Å². The van der Waals surface area contributed by atoms with Gasteiger partial charge in [0.1, 0.15) is 0 Å². The fraction of sp³-hybridized carbons (Fsp3) is 0.692. The minimum atomic E-state index is -0.961. The van der Waals surface area contributed by atoms with Crippen molar-refractivity contribution >= 4 is 17.3 Å². The summed E-state index contributed by atoms with van der Waals surface area (Å²) in [4.78, 5) is 19.6. The first kappa shape index (κ1) is 15.4. The third-order valence-corrected chi connectivity index (χ3v) is 4.65. The van der Waals surface area contributed by atoms with Gasteiger partial charge in [-0.1, -0.05) is 6.92 Å². The lowest BCUT2D eigenvalue weighted by atomic mass is 10.1. The van der Waals surface area contributed by atoms with Gasteiger partial charge in [0.05, 0.1) is 11.6 Å². The second-order valence-electron chi connectivity index (χ2n) is 5.14. The van der Waals surface area contributed by atoms with Gasteiger partial charge >= 0.3 is 5.97 Å². The Kier molecular flexibility index (Phi) is 5.47. The van der Waals surface area contributed by atoms with Crippen LogP contribution in [0, 0.1) is 0 Å². The molecule has 1 aromatic rings. The molecular weight excluding hydrogens is 278 g/mol. The van der Waals surface area contributed by atoms with Crippen LogP contribution in [0.4, 0.5) is 0 Å². The first-order valence-electron chi connectivity index (χ1n) is 6.84. The molecule has 0 spiro atoms. The fourth-order valence-electron chi connectivity index (χ4n) is 2.41. The number of carboxylic acids is 1. The van der Waals surface area contributed by atoms with E-state index in [0.29, 0.717) is 0 Å². The lowest BCUT2D eigenvalue weighted by Crippen LogP contribution is -2.47. The molecule has 0 bridgehead atoms. The predicted molar refractivity (Wildman–Crippen MR) is 77.5 cm³/mol. The first-order chi connectivity index (χ1) is 9.60. The van der Waals surface area contributed by atoms with Crippen LogP contribution >= 0.6 is 11.3 Å². The topological polar surface area (TPSA) is 76.9 Å². The molecule has 2 rings (SSSR count). The molecule has 0 aliphatic carbocycles. The van der Waals surface area contributed by atoms with Crippen LogP contribution in [0.2, 0.25) is 0 Å². The van der Waals surface area contributed by atoms with Crippen molar-refractivity contribution in [3.63, 3.8) is 0 Å². The number of hydrogen-bond donors (Lipinski definition) is 2. The van der Waals surface area contributed by atoms with Gasteiger partial charge in [0.25, 0.3) is 0 Å². The minimum absolute atomic E-state index is 0.143. The molecule has 2 heterocycles. The lowest BCUT2D eigenvalue weighted by molar-refractivity contribution is 0.0691. The molecule has 1 atom stereocenters. The number of aromatic nitrogens is 1. The van der Waals surface area contributed by atoms with Crippen molar-refractivity contribution < 1.29 is 15.0 Å². The van der Waals surface area contributed by atoms with Gasteiger partial charge in [0.2, 0.25) is 0 Å². The number of nitrogens with zero attached hydrogens (tertiary/aromatic N) is 3. The second kappa shape index (κ2) is 7.12. The molecule has 1 aliphatic rings. The summed E-state index contributed by atoms with van der Waals surface area (Å²) in [7, 11) is 0. The molecule has 0 amide bonds. The molecule has 7 heteroatoms. The Morgan fingerprint density at radius 3 is 2.60 bits per heavy atom. The summed E-state index contributed by atoms with van der Waals surface area (Å²) in [5.74, 6) is -0.713. The average molecular weight is 299 g/mol. The summed E-state index contributed by atoms with van der Waals surface area (Å²) in [6, 6.07) is 0. The molecule has 2 N–H and O–H groups in total. The van der Waals surface area contributed by atoms with Crippen LogP contribution in [0.1, 0.15) is 28.3 Å². The number of carboxylic acid groups (broad SMARTS) is 1. The van der Waals surface area contributed by atoms with Crippen molar-refractivity contribution in [2.24, 2.45) is 0 Å². The molecule has 0 radical (unpaired) electrons. The monoisotopic (exact) mass is 299 g/mol. The number of piperazine rings is 1. The van der Waals surface area contributed by atoms with Crippen LogP contribution in [0.3, 0.4) is 0 Å². The van der Waals surface area contributed by atoms with Crippen LogP contribution in [0.25, 0.3) is 0 Å². The van der Waals surface area contributed by atoms with Crippen LogP contribution in [-0.2, 0) is 0 Å². The Hall–Kier alpha value is -1.02. The summed E-state index contributed by atoms with van der Waals surface area (Å²) >= 11 is 1.42. The van der Waals surface area contributed by atoms with Gasteiger partial charge in [-0.3, -0.25) is 4.90 Å². The number of rotatable bonds is 6. The van der Waals surface area contributed by atoms with Gasteiger partial charge in [0, 0.05) is 50.6 Å². The highest BCUT2D eigenvalue weighted by Crippen LogP contribution is 2.21. The van der Waals surface area contributed by atoms with E-state index in [1.807, 2.05) is 0 Å². The number of aliphatic hydroxyl groups excluding tert-OH is 1. The molecule has 1 unspecified atom stereocenters. The van der Waals surface area contributed by atoms with Gasteiger partial charge < -0.3 is 15.1 Å². The standard InChI is InChI=1S/C13H21N3O3S/c1-10(12-14-11(9-20-12)13(18)19)8-16-4-2-15(3-5-16)6-7-17/h9-10,17H,2-8H2,1H3,(H,18,19). The van der Waals surface area contributed by atoms with E-state index in [4.69, 9.17) is 10.2 Å². The highest BCUT2D eigenvalue weighted by Gasteiger charge is 2.20. The third kappa shape index (κ3) is 3.99. The van der Waals surface area contributed by atoms with Gasteiger partial charge in [0.15, 0.2) is 5.69 Å². The van der Waals surface area contributed by atoms with E-state index in [1.165, 1.54) is 11.3 Å². The van der Waals surface area contributed by atoms with Crippen molar-refractivity contribution in [2.75, 3.05) is 45.9 Å². The number of aliphatic hydroxyl groups is 1. The third-order valence-electron chi connectivity index (χ3n) is 3.58. The van der Waals surface area contributed by atoms with E-state index < -0.39 is 5.97 Å². The zero-order valence-electron chi connectivity index (χ0n) is 11.7. The number of β-amino-alcohol motifs (C(OH)–C–C–N with tert-alkyl or cyclic N) is 1. The molecule has 0 saturated carbocycles. The smallest absolute Gasteiger partial charge is 0.355 e. The van der Waals surface area contributed by atoms with Gasteiger partial charge in [-0.2, -0.15) is 0 Å². The number of hydrogen-bond acceptors (Lipinski definition) is 6. The van der Waals surface area contributed by atoms with Gasteiger partial charge in [-0.25, -0.2) is 9.78 Å². The summed E-state index contributed by atoms with van der Waals surface area (Å²) in [6.07, 6.45) is 0. The molecule has 6 nitrogen and oxygen atoms in total. The predicted octanol–water partition coefficient (Wildman–Crippen LogP) is 0.555. The Bertz CT molecular complexity index is 444. The zero-order chi connectivity index (χ0) is 14.5. The first-order valence-corrected chi connectivity index (χ1v) is 7.72. The SMILES string of the molecule is CC(CN1CCN(CCO)CC1)c1nc(C(=O)O)cs1. The van der Waals surface area contributed by atoms with Crippen molar-refractivity contribution in [3.05, 3.63) is 16.1 Å². The van der Waals surface area contributed by atoms with Gasteiger partial charge in [-0.15, -0.1) is 11.3 Å².